The summed E-state index contributed by atoms with van der Waals surface area (Å²) in [5.74, 6) is -4.34. The lowest BCUT2D eigenvalue weighted by molar-refractivity contribution is -0.146. The molecule has 0 radical (unpaired) electrons. The van der Waals surface area contributed by atoms with Crippen LogP contribution >= 0.6 is 23.2 Å². The van der Waals surface area contributed by atoms with Gasteiger partial charge < -0.3 is 9.80 Å². The Balaban J connectivity index is 1.68. The maximum Gasteiger partial charge on any atom is 0.416 e. The van der Waals surface area contributed by atoms with Crippen LogP contribution in [0.5, 0.6) is 0 Å². The molecule has 2 aromatic rings. The summed E-state index contributed by atoms with van der Waals surface area (Å²) < 4.78 is 80.6. The number of alkyl halides is 6. The predicted octanol–water partition coefficient (Wildman–Crippen LogP) is 5.54. The number of benzene rings is 2. The average Bonchev–Trinajstić information content (AvgIpc) is 2.91. The van der Waals surface area contributed by atoms with Gasteiger partial charge in [0, 0.05) is 50.5 Å². The van der Waals surface area contributed by atoms with Crippen LogP contribution < -0.4 is 5.32 Å². The van der Waals surface area contributed by atoms with Gasteiger partial charge in [0.25, 0.3) is 5.91 Å². The van der Waals surface area contributed by atoms with Crippen LogP contribution in [0.2, 0.25) is 10.0 Å². The maximum atomic E-state index is 13.4. The minimum Gasteiger partial charge on any atom is -0.342 e. The second-order valence-electron chi connectivity index (χ2n) is 10.2. The molecule has 0 saturated carbocycles. The van der Waals surface area contributed by atoms with E-state index in [0.29, 0.717) is 17.7 Å². The summed E-state index contributed by atoms with van der Waals surface area (Å²) in [5, 5.41) is 2.48. The number of amides is 4. The third-order valence-electron chi connectivity index (χ3n) is 7.40. The quantitative estimate of drug-likeness (QED) is 0.352. The molecule has 7 nitrogen and oxygen atoms in total. The number of likely N-dealkylation sites (tertiary alicyclic amines) is 1. The molecule has 226 valence electrons. The summed E-state index contributed by atoms with van der Waals surface area (Å²) in [5.41, 5.74) is -3.55. The minimum absolute atomic E-state index is 0.0399. The Hall–Kier alpha value is -3.32. The van der Waals surface area contributed by atoms with E-state index in [9.17, 15) is 45.5 Å². The van der Waals surface area contributed by atoms with Gasteiger partial charge in [-0.3, -0.25) is 24.5 Å². The highest BCUT2D eigenvalue weighted by atomic mass is 35.5. The number of likely N-dealkylation sites (N-methyl/N-ethyl adjacent to an activating group) is 1. The van der Waals surface area contributed by atoms with E-state index in [1.165, 1.54) is 24.1 Å². The predicted molar refractivity (Wildman–Crippen MR) is 139 cm³/mol. The van der Waals surface area contributed by atoms with Crippen LogP contribution in [0, 0.1) is 5.92 Å². The molecule has 2 aliphatic rings. The Bertz CT molecular complexity index is 1380. The van der Waals surface area contributed by atoms with Crippen molar-refractivity contribution < 1.29 is 45.5 Å². The van der Waals surface area contributed by atoms with Gasteiger partial charge >= 0.3 is 12.4 Å². The van der Waals surface area contributed by atoms with E-state index in [1.807, 2.05) is 0 Å². The van der Waals surface area contributed by atoms with Crippen molar-refractivity contribution in [1.82, 2.24) is 15.1 Å². The van der Waals surface area contributed by atoms with Gasteiger partial charge in [-0.25, -0.2) is 0 Å². The number of nitrogens with zero attached hydrogens (tertiary/aromatic N) is 2. The van der Waals surface area contributed by atoms with Crippen LogP contribution in [0.1, 0.15) is 52.2 Å². The molecule has 0 bridgehead atoms. The molecule has 2 aromatic carbocycles. The van der Waals surface area contributed by atoms with Crippen LogP contribution in [-0.2, 0) is 26.7 Å². The number of carbonyl (C=O) groups is 4. The molecule has 0 spiro atoms. The summed E-state index contributed by atoms with van der Waals surface area (Å²) in [6, 6.07) is 4.44. The second kappa shape index (κ2) is 11.8. The van der Waals surface area contributed by atoms with Gasteiger partial charge in [0.1, 0.15) is 0 Å². The van der Waals surface area contributed by atoms with Crippen molar-refractivity contribution >= 4 is 46.8 Å². The number of nitrogens with one attached hydrogen (secondary N) is 1. The van der Waals surface area contributed by atoms with Gasteiger partial charge in [-0.1, -0.05) is 29.3 Å². The molecule has 2 atom stereocenters. The number of imide groups is 1. The molecular formula is C27H23Cl2F6N3O4. The lowest BCUT2D eigenvalue weighted by Gasteiger charge is -2.44. The third-order valence-corrected chi connectivity index (χ3v) is 8.14. The van der Waals surface area contributed by atoms with E-state index in [4.69, 9.17) is 23.2 Å². The smallest absolute Gasteiger partial charge is 0.342 e. The van der Waals surface area contributed by atoms with Crippen molar-refractivity contribution in [2.45, 2.75) is 43.6 Å². The Morgan fingerprint density at radius 1 is 0.905 bits per heavy atom. The molecule has 42 heavy (non-hydrogen) atoms. The van der Waals surface area contributed by atoms with Gasteiger partial charge in [-0.15, -0.1) is 0 Å². The highest BCUT2D eigenvalue weighted by Crippen LogP contribution is 2.38. The third kappa shape index (κ3) is 6.83. The summed E-state index contributed by atoms with van der Waals surface area (Å²) in [6.45, 7) is 0.00340. The number of halogens is 8. The molecule has 4 amide bonds. The SMILES string of the molecule is CN(C(=O)c1cc(C(F)(F)F)cc(C(F)(F)F)c1)C1CCN(C(=O)C2CC(=O)NC(=O)C2)CC1c1ccc(Cl)c(Cl)c1. The van der Waals surface area contributed by atoms with E-state index in [0.717, 1.165) is 4.90 Å². The van der Waals surface area contributed by atoms with Gasteiger partial charge in [0.2, 0.25) is 17.7 Å². The maximum absolute atomic E-state index is 13.4. The van der Waals surface area contributed by atoms with E-state index < -0.39 is 70.5 Å². The van der Waals surface area contributed by atoms with Gasteiger partial charge in [-0.05, 0) is 42.3 Å². The fraction of sp³-hybridized carbons (Fsp3) is 0.407. The van der Waals surface area contributed by atoms with Crippen molar-refractivity contribution in [2.24, 2.45) is 5.92 Å². The normalized spacial score (nSPS) is 20.4. The van der Waals surface area contributed by atoms with Crippen LogP contribution in [0.3, 0.4) is 0 Å². The molecule has 4 rings (SSSR count). The second-order valence-corrected chi connectivity index (χ2v) is 11.0. The molecule has 1 N–H and O–H groups in total. The fourth-order valence-electron chi connectivity index (χ4n) is 5.32. The fourth-order valence-corrected chi connectivity index (χ4v) is 5.62. The van der Waals surface area contributed by atoms with Crippen LogP contribution in [-0.4, -0.2) is 59.6 Å². The Labute approximate surface area is 245 Å². The minimum atomic E-state index is -5.14. The van der Waals surface area contributed by atoms with Gasteiger partial charge in [-0.2, -0.15) is 26.3 Å². The molecule has 0 aromatic heterocycles. The molecule has 2 heterocycles. The highest BCUT2D eigenvalue weighted by molar-refractivity contribution is 6.42. The van der Waals surface area contributed by atoms with Gasteiger partial charge in [0.15, 0.2) is 0 Å². The zero-order valence-electron chi connectivity index (χ0n) is 21.8. The van der Waals surface area contributed by atoms with E-state index >= 15 is 0 Å². The van der Waals surface area contributed by atoms with Crippen molar-refractivity contribution in [2.75, 3.05) is 20.1 Å². The number of piperidine rings is 2. The Kier molecular flexibility index (Phi) is 8.85. The number of rotatable bonds is 4. The highest BCUT2D eigenvalue weighted by Gasteiger charge is 2.42. The van der Waals surface area contributed by atoms with Crippen molar-refractivity contribution in [1.29, 1.82) is 0 Å². The average molecular weight is 638 g/mol. The van der Waals surface area contributed by atoms with Crippen LogP contribution in [0.25, 0.3) is 0 Å². The summed E-state index contributed by atoms with van der Waals surface area (Å²) >= 11 is 12.2. The standard InChI is InChI=1S/C27H23Cl2F6N3O4/c1-37(24(41)14-6-16(26(30,31)32)11-17(7-14)27(33,34)35)21-4-5-38(25(42)15-9-22(39)36-23(40)10-15)12-18(21)13-2-3-19(28)20(29)8-13/h2-3,6-8,11,15,18,21H,4-5,9-10,12H2,1H3,(H,36,39,40). The van der Waals surface area contributed by atoms with Crippen molar-refractivity contribution in [3.8, 4) is 0 Å². The summed E-state index contributed by atoms with van der Waals surface area (Å²) in [6.07, 6.45) is -10.6. The zero-order valence-corrected chi connectivity index (χ0v) is 23.3. The van der Waals surface area contributed by atoms with Crippen molar-refractivity contribution in [3.63, 3.8) is 0 Å². The Morgan fingerprint density at radius 2 is 1.48 bits per heavy atom. The molecular weight excluding hydrogens is 615 g/mol. The van der Waals surface area contributed by atoms with Crippen LogP contribution in [0.4, 0.5) is 26.3 Å². The topological polar surface area (TPSA) is 86.8 Å². The molecule has 2 unspecified atom stereocenters. The summed E-state index contributed by atoms with van der Waals surface area (Å²) in [7, 11) is 1.26. The first-order valence-electron chi connectivity index (χ1n) is 12.6. The lowest BCUT2D eigenvalue weighted by atomic mass is 9.83. The zero-order chi connectivity index (χ0) is 31.1. The molecule has 2 aliphatic heterocycles. The lowest BCUT2D eigenvalue weighted by Crippen LogP contribution is -2.54. The molecule has 15 heteroatoms. The largest absolute Gasteiger partial charge is 0.416 e. The Morgan fingerprint density at radius 3 is 2.00 bits per heavy atom. The molecule has 2 saturated heterocycles. The molecule has 2 fully saturated rings. The van der Waals surface area contributed by atoms with Crippen molar-refractivity contribution in [3.05, 3.63) is 68.7 Å². The first-order valence-corrected chi connectivity index (χ1v) is 13.3. The van der Waals surface area contributed by atoms with E-state index in [1.54, 1.807) is 6.07 Å². The summed E-state index contributed by atoms with van der Waals surface area (Å²) in [4.78, 5) is 52.9. The number of hydrogen-bond donors (Lipinski definition) is 1. The van der Waals surface area contributed by atoms with E-state index in [2.05, 4.69) is 5.32 Å². The first-order chi connectivity index (χ1) is 19.5. The number of hydrogen-bond acceptors (Lipinski definition) is 4. The van der Waals surface area contributed by atoms with E-state index in [-0.39, 0.29) is 48.5 Å². The van der Waals surface area contributed by atoms with Crippen LogP contribution in [0.15, 0.2) is 36.4 Å². The first kappa shape index (κ1) is 31.6. The monoisotopic (exact) mass is 637 g/mol. The van der Waals surface area contributed by atoms with Gasteiger partial charge in [0.05, 0.1) is 27.1 Å². The number of carbonyl (C=O) groups excluding carboxylic acids is 4. The molecule has 0 aliphatic carbocycles.